The van der Waals surface area contributed by atoms with Crippen LogP contribution in [0.3, 0.4) is 0 Å². The van der Waals surface area contributed by atoms with Crippen molar-refractivity contribution in [1.82, 2.24) is 16.0 Å². The number of guanidine groups is 2. The van der Waals surface area contributed by atoms with Gasteiger partial charge in [-0.05, 0) is 44.1 Å². The Bertz CT molecular complexity index is 894. The topological polar surface area (TPSA) is 323 Å². The number of hydrogen-bond donors (Lipinski definition) is 10. The number of nitrogens with two attached hydrogens (primary N) is 6. The van der Waals surface area contributed by atoms with Crippen LogP contribution in [0.4, 0.5) is 0 Å². The van der Waals surface area contributed by atoms with Crippen LogP contribution < -0.4 is 50.4 Å². The molecule has 0 saturated carbocycles. The van der Waals surface area contributed by atoms with Gasteiger partial charge in [-0.2, -0.15) is 11.8 Å². The van der Waals surface area contributed by atoms with E-state index in [-0.39, 0.29) is 44.3 Å². The van der Waals surface area contributed by atoms with Gasteiger partial charge in [0.25, 0.3) is 0 Å². The lowest BCUT2D eigenvalue weighted by molar-refractivity contribution is -0.143. The maximum absolute atomic E-state index is 13.2. The lowest BCUT2D eigenvalue weighted by Gasteiger charge is -2.25. The molecule has 0 aromatic heterocycles. The van der Waals surface area contributed by atoms with Crippen LogP contribution in [0.25, 0.3) is 0 Å². The Labute approximate surface area is 230 Å². The molecule has 4 atom stereocenters. The van der Waals surface area contributed by atoms with Gasteiger partial charge in [-0.3, -0.25) is 29.2 Å². The highest BCUT2D eigenvalue weighted by Crippen LogP contribution is 2.06. The van der Waals surface area contributed by atoms with Crippen molar-refractivity contribution in [2.24, 2.45) is 44.4 Å². The molecule has 0 heterocycles. The number of nitrogens with one attached hydrogen (secondary N) is 3. The highest BCUT2D eigenvalue weighted by Gasteiger charge is 2.30. The van der Waals surface area contributed by atoms with Gasteiger partial charge in [0.05, 0.1) is 12.5 Å². The minimum absolute atomic E-state index is 0.000826. The van der Waals surface area contributed by atoms with E-state index in [0.717, 1.165) is 0 Å². The molecule has 4 unspecified atom stereocenters. The molecule has 222 valence electrons. The number of rotatable bonds is 20. The van der Waals surface area contributed by atoms with E-state index in [1.165, 1.54) is 11.8 Å². The van der Waals surface area contributed by atoms with Gasteiger partial charge < -0.3 is 55.5 Å². The van der Waals surface area contributed by atoms with Crippen molar-refractivity contribution in [1.29, 1.82) is 0 Å². The molecule has 0 bridgehead atoms. The molecule has 0 saturated heterocycles. The van der Waals surface area contributed by atoms with Crippen molar-refractivity contribution in [2.75, 3.05) is 25.1 Å². The largest absolute Gasteiger partial charge is 0.480 e. The molecule has 18 heteroatoms. The molecule has 0 radical (unpaired) electrons. The van der Waals surface area contributed by atoms with Crippen LogP contribution in [0.5, 0.6) is 0 Å². The molecule has 39 heavy (non-hydrogen) atoms. The first-order valence-corrected chi connectivity index (χ1v) is 13.4. The Kier molecular flexibility index (Phi) is 17.4. The quantitative estimate of drug-likeness (QED) is 0.0373. The van der Waals surface area contributed by atoms with Gasteiger partial charge >= 0.3 is 5.97 Å². The van der Waals surface area contributed by atoms with Crippen molar-refractivity contribution >= 4 is 53.3 Å². The molecule has 17 nitrogen and oxygen atoms in total. The summed E-state index contributed by atoms with van der Waals surface area (Å²) in [5.74, 6) is -4.29. The van der Waals surface area contributed by atoms with Gasteiger partial charge in [-0.1, -0.05) is 0 Å². The predicted molar refractivity (Wildman–Crippen MR) is 148 cm³/mol. The van der Waals surface area contributed by atoms with Gasteiger partial charge in [0, 0.05) is 13.1 Å². The maximum atomic E-state index is 13.2. The number of nitrogens with zero attached hydrogens (tertiary/aromatic N) is 2. The molecule has 16 N–H and O–H groups in total. The fraction of sp³-hybridized carbons (Fsp3) is 0.667. The highest BCUT2D eigenvalue weighted by atomic mass is 32.2. The van der Waals surface area contributed by atoms with E-state index in [2.05, 4.69) is 25.9 Å². The molecule has 0 rings (SSSR count). The molecule has 0 aromatic rings. The maximum Gasteiger partial charge on any atom is 0.326 e. The molecular weight excluding hydrogens is 534 g/mol. The van der Waals surface area contributed by atoms with Crippen LogP contribution in [0, 0.1) is 0 Å². The molecule has 0 aliphatic carbocycles. The summed E-state index contributed by atoms with van der Waals surface area (Å²) in [6.07, 6.45) is 2.21. The number of carboxylic acids is 1. The van der Waals surface area contributed by atoms with Crippen molar-refractivity contribution < 1.29 is 29.1 Å². The highest BCUT2D eigenvalue weighted by molar-refractivity contribution is 7.98. The summed E-state index contributed by atoms with van der Waals surface area (Å²) in [5, 5.41) is 16.6. The fourth-order valence-electron chi connectivity index (χ4n) is 3.15. The van der Waals surface area contributed by atoms with Crippen molar-refractivity contribution in [3.05, 3.63) is 0 Å². The van der Waals surface area contributed by atoms with Crippen LogP contribution in [0.1, 0.15) is 38.5 Å². The smallest absolute Gasteiger partial charge is 0.326 e. The van der Waals surface area contributed by atoms with Crippen LogP contribution in [0.15, 0.2) is 9.98 Å². The Hall–Kier alpha value is -3.80. The summed E-state index contributed by atoms with van der Waals surface area (Å²) in [7, 11) is 0. The van der Waals surface area contributed by atoms with Gasteiger partial charge in [-0.25, -0.2) is 4.79 Å². The summed E-state index contributed by atoms with van der Waals surface area (Å²) < 4.78 is 0. The second-order valence-corrected chi connectivity index (χ2v) is 9.46. The van der Waals surface area contributed by atoms with E-state index < -0.39 is 60.2 Å². The number of carboxylic acid groups (broad SMARTS) is 1. The second-order valence-electron chi connectivity index (χ2n) is 8.48. The summed E-state index contributed by atoms with van der Waals surface area (Å²) in [5.41, 5.74) is 32.2. The van der Waals surface area contributed by atoms with E-state index in [0.29, 0.717) is 18.6 Å². The third kappa shape index (κ3) is 16.6. The summed E-state index contributed by atoms with van der Waals surface area (Å²) in [6, 6.07) is -4.85. The normalized spacial score (nSPS) is 13.6. The standard InChI is InChI=1S/C21H41N11O6S/c1-39-9-6-11(22)16(34)30-12(4-2-7-28-20(24)25)17(35)31-13(5-3-8-29-21(26)27)18(36)32-14(19(37)38)10-15(23)33/h11-14H,2-10,22H2,1H3,(H2,23,33)(H,30,34)(H,31,35)(H,32,36)(H,37,38)(H4,24,25,28)(H4,26,27,29). The van der Waals surface area contributed by atoms with E-state index in [9.17, 15) is 29.1 Å². The average molecular weight is 576 g/mol. The van der Waals surface area contributed by atoms with E-state index >= 15 is 0 Å². The SMILES string of the molecule is CSCCC(N)C(=O)NC(CCCN=C(N)N)C(=O)NC(CCCN=C(N)N)C(=O)NC(CC(N)=O)C(=O)O. The molecule has 0 aromatic carbocycles. The second kappa shape index (κ2) is 19.3. The lowest BCUT2D eigenvalue weighted by Crippen LogP contribution is -2.57. The third-order valence-electron chi connectivity index (χ3n) is 5.15. The Morgan fingerprint density at radius 3 is 1.56 bits per heavy atom. The number of primary amides is 1. The predicted octanol–water partition coefficient (Wildman–Crippen LogP) is -4.41. The molecular formula is C21H41N11O6S. The number of amides is 4. The number of aliphatic imine (C=N–C) groups is 2. The van der Waals surface area contributed by atoms with E-state index in [1.807, 2.05) is 6.26 Å². The first-order chi connectivity index (χ1) is 18.3. The molecule has 0 spiro atoms. The monoisotopic (exact) mass is 575 g/mol. The number of thioether (sulfide) groups is 1. The first-order valence-electron chi connectivity index (χ1n) is 12.1. The zero-order valence-corrected chi connectivity index (χ0v) is 22.7. The van der Waals surface area contributed by atoms with E-state index in [1.54, 1.807) is 0 Å². The summed E-state index contributed by atoms with van der Waals surface area (Å²) in [4.78, 5) is 69.1. The van der Waals surface area contributed by atoms with Crippen LogP contribution >= 0.6 is 11.8 Å². The van der Waals surface area contributed by atoms with Crippen LogP contribution in [0.2, 0.25) is 0 Å². The molecule has 0 aliphatic rings. The number of hydrogen-bond acceptors (Lipinski definition) is 9. The number of aliphatic carboxylic acids is 1. The summed E-state index contributed by atoms with van der Waals surface area (Å²) >= 11 is 1.51. The van der Waals surface area contributed by atoms with Crippen LogP contribution in [-0.2, 0) is 24.0 Å². The number of carbonyl (C=O) groups excluding carboxylic acids is 4. The third-order valence-corrected chi connectivity index (χ3v) is 5.79. The van der Waals surface area contributed by atoms with Gasteiger partial charge in [0.1, 0.15) is 18.1 Å². The van der Waals surface area contributed by atoms with Gasteiger partial charge in [-0.15, -0.1) is 0 Å². The first kappa shape index (κ1) is 35.2. The lowest BCUT2D eigenvalue weighted by atomic mass is 10.1. The Morgan fingerprint density at radius 1 is 0.744 bits per heavy atom. The Morgan fingerprint density at radius 2 is 1.18 bits per heavy atom. The average Bonchev–Trinajstić information content (AvgIpc) is 2.84. The molecule has 4 amide bonds. The minimum atomic E-state index is -1.61. The zero-order valence-electron chi connectivity index (χ0n) is 21.9. The van der Waals surface area contributed by atoms with E-state index in [4.69, 9.17) is 34.4 Å². The van der Waals surface area contributed by atoms with Gasteiger partial charge in [0.2, 0.25) is 23.6 Å². The van der Waals surface area contributed by atoms with Gasteiger partial charge in [0.15, 0.2) is 11.9 Å². The molecule has 0 aliphatic heterocycles. The molecule has 0 fully saturated rings. The summed E-state index contributed by atoms with van der Waals surface area (Å²) in [6.45, 7) is 0.297. The number of carbonyl (C=O) groups is 5. The van der Waals surface area contributed by atoms with Crippen molar-refractivity contribution in [2.45, 2.75) is 62.7 Å². The van der Waals surface area contributed by atoms with Crippen LogP contribution in [-0.4, -0.2) is 95.9 Å². The van der Waals surface area contributed by atoms with Crippen molar-refractivity contribution in [3.63, 3.8) is 0 Å². The minimum Gasteiger partial charge on any atom is -0.480 e. The fourth-order valence-corrected chi connectivity index (χ4v) is 3.63. The zero-order chi connectivity index (χ0) is 30.0. The Balaban J connectivity index is 5.75. The van der Waals surface area contributed by atoms with Crippen molar-refractivity contribution in [3.8, 4) is 0 Å².